The van der Waals surface area contributed by atoms with Crippen LogP contribution in [-0.2, 0) is 19.2 Å². The normalized spacial score (nSPS) is 29.8. The average Bonchev–Trinajstić information content (AvgIpc) is 2.79. The third kappa shape index (κ3) is 7.86. The Morgan fingerprint density at radius 3 is 0.722 bits per heavy atom. The molecule has 0 aromatic carbocycles. The van der Waals surface area contributed by atoms with Crippen molar-refractivity contribution in [3.05, 3.63) is 0 Å². The Morgan fingerprint density at radius 2 is 0.611 bits per heavy atom. The Kier molecular flexibility index (Phi) is 11.7. The first-order valence-electron chi connectivity index (χ1n) is 12.4. The van der Waals surface area contributed by atoms with E-state index in [1.165, 1.54) is 0 Å². The highest BCUT2D eigenvalue weighted by Crippen LogP contribution is 2.21. The first-order chi connectivity index (χ1) is 16.5. The van der Waals surface area contributed by atoms with Crippen molar-refractivity contribution >= 4 is 23.9 Å². The summed E-state index contributed by atoms with van der Waals surface area (Å²) in [5.74, 6) is -4.11. The molecule has 0 aromatic heterocycles. The molecule has 8 atom stereocenters. The van der Waals surface area contributed by atoms with E-state index < -0.39 is 48.0 Å². The van der Waals surface area contributed by atoms with Crippen molar-refractivity contribution in [2.45, 2.75) is 104 Å². The summed E-state index contributed by atoms with van der Waals surface area (Å²) in [6.45, 7) is 14.5. The molecule has 0 bridgehead atoms. The highest BCUT2D eigenvalue weighted by atomic mass is 16.4. The zero-order chi connectivity index (χ0) is 28.1. The van der Waals surface area contributed by atoms with Crippen molar-refractivity contribution in [2.24, 2.45) is 0 Å². The van der Waals surface area contributed by atoms with E-state index in [0.29, 0.717) is 0 Å². The van der Waals surface area contributed by atoms with E-state index in [9.17, 15) is 39.6 Å². The van der Waals surface area contributed by atoms with Crippen LogP contribution >= 0.6 is 0 Å². The van der Waals surface area contributed by atoms with Gasteiger partial charge in [0.15, 0.2) is 0 Å². The van der Waals surface area contributed by atoms with E-state index in [0.717, 1.165) is 0 Å². The molecule has 1 aliphatic heterocycles. The molecule has 0 saturated carbocycles. The van der Waals surface area contributed by atoms with Gasteiger partial charge in [0.05, 0.1) is 0 Å². The maximum Gasteiger partial charge on any atom is 0.320 e. The smallest absolute Gasteiger partial charge is 0.320 e. The minimum Gasteiger partial charge on any atom is -0.480 e. The summed E-state index contributed by atoms with van der Waals surface area (Å²) in [5.41, 5.74) is 0. The quantitative estimate of drug-likeness (QED) is 0.357. The van der Waals surface area contributed by atoms with Crippen LogP contribution in [0.15, 0.2) is 0 Å². The standard InChI is InChI=1S/C24H44N4O8/c1-13-9-26(18(6)22(31)32)15(3)11-28(20(8)24(35)36)16(4)12-27(19(7)23(33)34)14(2)10-25(13)17(5)21(29)30/h13-20H,9-12H2,1-8H3,(H,29,30)(H,31,32)(H,33,34)(H,35,36)/t13-,14-,15-,16-,17-,18-,19-,20-/m0/s1. The van der Waals surface area contributed by atoms with Gasteiger partial charge in [-0.05, 0) is 55.4 Å². The van der Waals surface area contributed by atoms with Gasteiger partial charge in [0.1, 0.15) is 24.2 Å². The van der Waals surface area contributed by atoms with Crippen LogP contribution < -0.4 is 0 Å². The summed E-state index contributed by atoms with van der Waals surface area (Å²) in [6.07, 6.45) is 0. The molecule has 0 aliphatic carbocycles. The largest absolute Gasteiger partial charge is 0.480 e. The molecule has 1 fully saturated rings. The Hall–Kier alpha value is -2.28. The lowest BCUT2D eigenvalue weighted by molar-refractivity contribution is -0.150. The Morgan fingerprint density at radius 1 is 0.472 bits per heavy atom. The van der Waals surface area contributed by atoms with Crippen molar-refractivity contribution in [1.29, 1.82) is 0 Å². The Labute approximate surface area is 213 Å². The van der Waals surface area contributed by atoms with Gasteiger partial charge >= 0.3 is 23.9 Å². The fourth-order valence-corrected chi connectivity index (χ4v) is 5.09. The lowest BCUT2D eigenvalue weighted by Gasteiger charge is -2.46. The molecule has 1 aliphatic rings. The minimum atomic E-state index is -1.03. The van der Waals surface area contributed by atoms with Crippen molar-refractivity contribution in [1.82, 2.24) is 19.6 Å². The maximum absolute atomic E-state index is 12.0. The first kappa shape index (κ1) is 31.7. The van der Waals surface area contributed by atoms with Gasteiger partial charge in [-0.3, -0.25) is 38.8 Å². The second kappa shape index (κ2) is 13.3. The molecule has 0 aromatic rings. The summed E-state index contributed by atoms with van der Waals surface area (Å²) < 4.78 is 0. The van der Waals surface area contributed by atoms with Crippen LogP contribution in [0.5, 0.6) is 0 Å². The number of hydrogen-bond acceptors (Lipinski definition) is 8. The van der Waals surface area contributed by atoms with Crippen LogP contribution in [0.3, 0.4) is 0 Å². The van der Waals surface area contributed by atoms with Gasteiger partial charge in [0.2, 0.25) is 0 Å². The van der Waals surface area contributed by atoms with Crippen molar-refractivity contribution in [2.75, 3.05) is 26.2 Å². The fraction of sp³-hybridized carbons (Fsp3) is 0.833. The highest BCUT2D eigenvalue weighted by Gasteiger charge is 2.38. The van der Waals surface area contributed by atoms with Gasteiger partial charge in [0.25, 0.3) is 0 Å². The summed E-state index contributed by atoms with van der Waals surface area (Å²) in [7, 11) is 0. The lowest BCUT2D eigenvalue weighted by Crippen LogP contribution is -2.62. The van der Waals surface area contributed by atoms with Gasteiger partial charge in [-0.2, -0.15) is 0 Å². The van der Waals surface area contributed by atoms with E-state index in [1.54, 1.807) is 47.3 Å². The minimum absolute atomic E-state index is 0.233. The van der Waals surface area contributed by atoms with Crippen LogP contribution in [0.1, 0.15) is 55.4 Å². The molecular formula is C24H44N4O8. The number of aliphatic carboxylic acids is 4. The van der Waals surface area contributed by atoms with E-state index in [1.807, 2.05) is 27.7 Å². The van der Waals surface area contributed by atoms with Crippen LogP contribution in [0.25, 0.3) is 0 Å². The summed E-state index contributed by atoms with van der Waals surface area (Å²) in [5, 5.41) is 39.1. The fourth-order valence-electron chi connectivity index (χ4n) is 5.09. The maximum atomic E-state index is 12.0. The van der Waals surface area contributed by atoms with E-state index >= 15 is 0 Å². The summed E-state index contributed by atoms with van der Waals surface area (Å²) >= 11 is 0. The third-order valence-electron chi connectivity index (χ3n) is 7.58. The van der Waals surface area contributed by atoms with Crippen LogP contribution in [0, 0.1) is 0 Å². The molecule has 0 spiro atoms. The number of hydrogen-bond donors (Lipinski definition) is 4. The van der Waals surface area contributed by atoms with Gasteiger partial charge in [-0.1, -0.05) is 0 Å². The van der Waals surface area contributed by atoms with E-state index in [2.05, 4.69) is 0 Å². The number of rotatable bonds is 8. The molecule has 208 valence electrons. The van der Waals surface area contributed by atoms with Gasteiger partial charge in [-0.25, -0.2) is 0 Å². The highest BCUT2D eigenvalue weighted by molar-refractivity contribution is 5.74. The average molecular weight is 517 g/mol. The molecule has 0 radical (unpaired) electrons. The number of carboxylic acid groups (broad SMARTS) is 4. The van der Waals surface area contributed by atoms with Crippen molar-refractivity contribution in [3.63, 3.8) is 0 Å². The molecular weight excluding hydrogens is 472 g/mol. The van der Waals surface area contributed by atoms with Gasteiger partial charge < -0.3 is 20.4 Å². The van der Waals surface area contributed by atoms with E-state index in [-0.39, 0.29) is 50.3 Å². The first-order valence-corrected chi connectivity index (χ1v) is 12.4. The number of carbonyl (C=O) groups is 4. The molecule has 1 rings (SSSR count). The summed E-state index contributed by atoms with van der Waals surface area (Å²) in [6, 6.07) is -5.06. The monoisotopic (exact) mass is 516 g/mol. The van der Waals surface area contributed by atoms with Crippen LogP contribution in [0.2, 0.25) is 0 Å². The predicted molar refractivity (Wildman–Crippen MR) is 133 cm³/mol. The molecule has 4 N–H and O–H groups in total. The molecule has 1 heterocycles. The number of carboxylic acids is 4. The lowest BCUT2D eigenvalue weighted by atomic mass is 10.0. The Bertz CT molecular complexity index is 668. The zero-order valence-electron chi connectivity index (χ0n) is 22.7. The van der Waals surface area contributed by atoms with Crippen LogP contribution in [-0.4, -0.2) is 138 Å². The van der Waals surface area contributed by atoms with E-state index in [4.69, 9.17) is 0 Å². The third-order valence-corrected chi connectivity index (χ3v) is 7.58. The molecule has 12 heteroatoms. The zero-order valence-corrected chi connectivity index (χ0v) is 22.7. The molecule has 1 saturated heterocycles. The topological polar surface area (TPSA) is 162 Å². The van der Waals surface area contributed by atoms with Gasteiger partial charge in [0, 0.05) is 50.3 Å². The second-order valence-corrected chi connectivity index (χ2v) is 10.2. The van der Waals surface area contributed by atoms with Crippen molar-refractivity contribution < 1.29 is 39.6 Å². The molecule has 0 unspecified atom stereocenters. The van der Waals surface area contributed by atoms with Crippen molar-refractivity contribution in [3.8, 4) is 0 Å². The second-order valence-electron chi connectivity index (χ2n) is 10.2. The molecule has 12 nitrogen and oxygen atoms in total. The SMILES string of the molecule is C[C@H]1CN([C@@H](C)C(=O)O)[C@@H](C)CN([C@@H](C)C(=O)O)[C@@H](C)CN([C@@H](C)C(=O)O)[C@@H](C)CN1[C@@H](C)C(=O)O. The molecule has 0 amide bonds. The molecule has 36 heavy (non-hydrogen) atoms. The Balaban J connectivity index is 3.64. The predicted octanol–water partition coefficient (Wildman–Crippen LogP) is 0.654. The van der Waals surface area contributed by atoms with Gasteiger partial charge in [-0.15, -0.1) is 0 Å². The number of nitrogens with zero attached hydrogens (tertiary/aromatic N) is 4. The van der Waals surface area contributed by atoms with Crippen LogP contribution in [0.4, 0.5) is 0 Å². The summed E-state index contributed by atoms with van der Waals surface area (Å²) in [4.78, 5) is 54.9.